The third kappa shape index (κ3) is 4.07. The van der Waals surface area contributed by atoms with Gasteiger partial charge in [-0.2, -0.15) is 4.39 Å². The van der Waals surface area contributed by atoms with E-state index >= 15 is 0 Å². The van der Waals surface area contributed by atoms with E-state index in [9.17, 15) is 17.6 Å². The van der Waals surface area contributed by atoms with Crippen molar-refractivity contribution in [1.82, 2.24) is 10.3 Å². The number of halogens is 1. The summed E-state index contributed by atoms with van der Waals surface area (Å²) in [6, 6.07) is 9.66. The van der Waals surface area contributed by atoms with Gasteiger partial charge in [0.15, 0.2) is 0 Å². The van der Waals surface area contributed by atoms with Crippen molar-refractivity contribution in [2.45, 2.75) is 11.4 Å². The molecule has 0 unspecified atom stereocenters. The van der Waals surface area contributed by atoms with Crippen LogP contribution in [0.15, 0.2) is 47.4 Å². The van der Waals surface area contributed by atoms with Gasteiger partial charge in [-0.05, 0) is 29.8 Å². The number of carbonyl (C=O) groups is 1. The first-order chi connectivity index (χ1) is 9.86. The van der Waals surface area contributed by atoms with Crippen molar-refractivity contribution < 1.29 is 17.6 Å². The van der Waals surface area contributed by atoms with Gasteiger partial charge < -0.3 is 5.32 Å². The van der Waals surface area contributed by atoms with Crippen molar-refractivity contribution >= 4 is 15.9 Å². The Morgan fingerprint density at radius 1 is 1.19 bits per heavy atom. The van der Waals surface area contributed by atoms with E-state index in [-0.39, 0.29) is 17.1 Å². The summed E-state index contributed by atoms with van der Waals surface area (Å²) in [5.41, 5.74) is 0.642. The van der Waals surface area contributed by atoms with E-state index in [0.717, 1.165) is 6.07 Å². The fourth-order valence-electron chi connectivity index (χ4n) is 1.60. The summed E-state index contributed by atoms with van der Waals surface area (Å²) in [4.78, 5) is 15.2. The first-order valence-electron chi connectivity index (χ1n) is 5.89. The predicted molar refractivity (Wildman–Crippen MR) is 73.2 cm³/mol. The molecule has 1 aromatic carbocycles. The number of pyridine rings is 1. The molecule has 0 atom stereocenters. The Morgan fingerprint density at radius 2 is 1.86 bits per heavy atom. The smallest absolute Gasteiger partial charge is 0.270 e. The lowest BCUT2D eigenvalue weighted by molar-refractivity contribution is 0.0944. The molecule has 21 heavy (non-hydrogen) atoms. The van der Waals surface area contributed by atoms with Crippen molar-refractivity contribution in [3.05, 3.63) is 59.7 Å². The van der Waals surface area contributed by atoms with Crippen molar-refractivity contribution in [1.29, 1.82) is 0 Å². The highest BCUT2D eigenvalue weighted by atomic mass is 32.2. The van der Waals surface area contributed by atoms with Gasteiger partial charge in [0.2, 0.25) is 16.0 Å². The topological polar surface area (TPSA) is 102 Å². The Kier molecular flexibility index (Phi) is 4.29. The summed E-state index contributed by atoms with van der Waals surface area (Å²) in [5.74, 6) is -1.26. The monoisotopic (exact) mass is 309 g/mol. The number of nitrogens with one attached hydrogen (secondary N) is 1. The molecule has 3 N–H and O–H groups in total. The van der Waals surface area contributed by atoms with Gasteiger partial charge in [0.1, 0.15) is 5.69 Å². The van der Waals surface area contributed by atoms with Gasteiger partial charge in [0.05, 0.1) is 4.90 Å². The van der Waals surface area contributed by atoms with Crippen LogP contribution in [-0.2, 0) is 16.6 Å². The van der Waals surface area contributed by atoms with Crippen LogP contribution in [0.4, 0.5) is 4.39 Å². The summed E-state index contributed by atoms with van der Waals surface area (Å²) >= 11 is 0. The van der Waals surface area contributed by atoms with E-state index < -0.39 is 21.9 Å². The molecule has 1 aromatic heterocycles. The molecule has 6 nitrogen and oxygen atoms in total. The number of carbonyl (C=O) groups excluding carboxylic acids is 1. The van der Waals surface area contributed by atoms with E-state index in [4.69, 9.17) is 5.14 Å². The van der Waals surface area contributed by atoms with Gasteiger partial charge in [-0.3, -0.25) is 4.79 Å². The summed E-state index contributed by atoms with van der Waals surface area (Å²) < 4.78 is 35.1. The van der Waals surface area contributed by atoms with Gasteiger partial charge in [-0.1, -0.05) is 18.2 Å². The van der Waals surface area contributed by atoms with Crippen LogP contribution in [-0.4, -0.2) is 19.3 Å². The number of aromatic nitrogens is 1. The Hall–Kier alpha value is -2.32. The van der Waals surface area contributed by atoms with E-state index in [0.29, 0.717) is 5.56 Å². The van der Waals surface area contributed by atoms with Crippen molar-refractivity contribution in [2.24, 2.45) is 5.14 Å². The zero-order valence-corrected chi connectivity index (χ0v) is 11.6. The average molecular weight is 309 g/mol. The number of hydrogen-bond acceptors (Lipinski definition) is 4. The van der Waals surface area contributed by atoms with Crippen LogP contribution < -0.4 is 10.5 Å². The Labute approximate surface area is 120 Å². The molecular weight excluding hydrogens is 297 g/mol. The highest BCUT2D eigenvalue weighted by Gasteiger charge is 2.09. The number of nitrogens with zero attached hydrogens (tertiary/aromatic N) is 1. The van der Waals surface area contributed by atoms with E-state index in [2.05, 4.69) is 10.3 Å². The molecule has 110 valence electrons. The quantitative estimate of drug-likeness (QED) is 0.815. The maximum atomic E-state index is 12.9. The first-order valence-corrected chi connectivity index (χ1v) is 7.43. The molecule has 2 rings (SSSR count). The van der Waals surface area contributed by atoms with Crippen molar-refractivity contribution in [3.8, 4) is 0 Å². The fraction of sp³-hybridized carbons (Fsp3) is 0.0769. The molecule has 0 spiro atoms. The highest BCUT2D eigenvalue weighted by Crippen LogP contribution is 2.08. The largest absolute Gasteiger partial charge is 0.347 e. The molecule has 0 bridgehead atoms. The van der Waals surface area contributed by atoms with Crippen molar-refractivity contribution in [2.75, 3.05) is 0 Å². The van der Waals surface area contributed by atoms with Crippen molar-refractivity contribution in [3.63, 3.8) is 0 Å². The lowest BCUT2D eigenvalue weighted by atomic mass is 10.2. The SMILES string of the molecule is NS(=O)(=O)c1ccc(CNC(=O)c2cccc(F)n2)cc1. The molecule has 0 saturated heterocycles. The number of amides is 1. The number of nitrogens with two attached hydrogens (primary N) is 1. The predicted octanol–water partition coefficient (Wildman–Crippen LogP) is 0.798. The molecule has 0 aliphatic heterocycles. The minimum Gasteiger partial charge on any atom is -0.347 e. The molecule has 1 heterocycles. The average Bonchev–Trinajstić information content (AvgIpc) is 2.44. The third-order valence-electron chi connectivity index (χ3n) is 2.65. The van der Waals surface area contributed by atoms with Crippen LogP contribution >= 0.6 is 0 Å². The van der Waals surface area contributed by atoms with Crippen LogP contribution in [0.2, 0.25) is 0 Å². The number of primary sulfonamides is 1. The normalized spacial score (nSPS) is 11.1. The lowest BCUT2D eigenvalue weighted by Crippen LogP contribution is -2.24. The fourth-order valence-corrected chi connectivity index (χ4v) is 2.12. The summed E-state index contributed by atoms with van der Waals surface area (Å²) in [7, 11) is -3.74. The molecular formula is C13H12FN3O3S. The molecule has 0 aliphatic carbocycles. The maximum Gasteiger partial charge on any atom is 0.270 e. The molecule has 0 fully saturated rings. The number of sulfonamides is 1. The zero-order chi connectivity index (χ0) is 15.5. The molecule has 8 heteroatoms. The second-order valence-corrected chi connectivity index (χ2v) is 5.78. The Morgan fingerprint density at radius 3 is 2.43 bits per heavy atom. The molecule has 1 amide bonds. The van der Waals surface area contributed by atoms with Crippen LogP contribution in [0, 0.1) is 5.95 Å². The van der Waals surface area contributed by atoms with E-state index in [1.807, 2.05) is 0 Å². The Bertz CT molecular complexity index is 760. The van der Waals surface area contributed by atoms with Crippen LogP contribution in [0.25, 0.3) is 0 Å². The lowest BCUT2D eigenvalue weighted by Gasteiger charge is -2.05. The van der Waals surface area contributed by atoms with Gasteiger partial charge in [0.25, 0.3) is 5.91 Å². The van der Waals surface area contributed by atoms with Crippen LogP contribution in [0.5, 0.6) is 0 Å². The zero-order valence-electron chi connectivity index (χ0n) is 10.8. The van der Waals surface area contributed by atoms with Gasteiger partial charge in [0, 0.05) is 6.54 Å². The minimum absolute atomic E-state index is 0.00984. The summed E-state index contributed by atoms with van der Waals surface area (Å²) in [6.45, 7) is 0.155. The molecule has 2 aromatic rings. The Balaban J connectivity index is 2.02. The standard InChI is InChI=1S/C13H12FN3O3S/c14-12-3-1-2-11(17-12)13(18)16-8-9-4-6-10(7-5-9)21(15,19)20/h1-7H,8H2,(H,16,18)(H2,15,19,20). The number of hydrogen-bond donors (Lipinski definition) is 2. The van der Waals surface area contributed by atoms with Crippen LogP contribution in [0.1, 0.15) is 16.1 Å². The van der Waals surface area contributed by atoms with Crippen LogP contribution in [0.3, 0.4) is 0 Å². The van der Waals surface area contributed by atoms with E-state index in [1.165, 1.54) is 36.4 Å². The third-order valence-corrected chi connectivity index (χ3v) is 3.58. The molecule has 0 radical (unpaired) electrons. The number of benzene rings is 1. The second-order valence-electron chi connectivity index (χ2n) is 4.22. The number of rotatable bonds is 4. The van der Waals surface area contributed by atoms with Gasteiger partial charge in [-0.25, -0.2) is 18.5 Å². The first kappa shape index (κ1) is 15.1. The van der Waals surface area contributed by atoms with Gasteiger partial charge >= 0.3 is 0 Å². The van der Waals surface area contributed by atoms with E-state index in [1.54, 1.807) is 0 Å². The summed E-state index contributed by atoms with van der Waals surface area (Å²) in [6.07, 6.45) is 0. The minimum atomic E-state index is -3.74. The molecule has 0 saturated carbocycles. The second kappa shape index (κ2) is 5.98. The summed E-state index contributed by atoms with van der Waals surface area (Å²) in [5, 5.41) is 7.53. The maximum absolute atomic E-state index is 12.9. The van der Waals surface area contributed by atoms with Gasteiger partial charge in [-0.15, -0.1) is 0 Å². The highest BCUT2D eigenvalue weighted by molar-refractivity contribution is 7.89. The molecule has 0 aliphatic rings.